The Morgan fingerprint density at radius 3 is 2.60 bits per heavy atom. The van der Waals surface area contributed by atoms with Gasteiger partial charge in [-0.2, -0.15) is 0 Å². The molecule has 2 nitrogen and oxygen atoms in total. The first-order valence-corrected chi connectivity index (χ1v) is 7.02. The molecular weight excluding hydrogens is 272 g/mol. The highest BCUT2D eigenvalue weighted by Gasteiger charge is 2.16. The number of aliphatic hydroxyl groups excluding tert-OH is 1. The Kier molecular flexibility index (Phi) is 5.05. The van der Waals surface area contributed by atoms with Crippen molar-refractivity contribution < 1.29 is 9.84 Å². The zero-order chi connectivity index (χ0) is 14.5. The molecule has 0 aliphatic carbocycles. The van der Waals surface area contributed by atoms with Crippen LogP contribution in [0.15, 0.2) is 42.5 Å². The largest absolute Gasteiger partial charge is 0.496 e. The highest BCUT2D eigenvalue weighted by Crippen LogP contribution is 2.29. The van der Waals surface area contributed by atoms with E-state index in [0.717, 1.165) is 16.9 Å². The zero-order valence-electron chi connectivity index (χ0n) is 11.8. The Bertz CT molecular complexity index is 581. The molecule has 0 bridgehead atoms. The first-order chi connectivity index (χ1) is 9.65. The van der Waals surface area contributed by atoms with Gasteiger partial charge in [-0.25, -0.2) is 0 Å². The molecule has 0 saturated heterocycles. The molecule has 3 heteroatoms. The van der Waals surface area contributed by atoms with Crippen LogP contribution in [0.25, 0.3) is 0 Å². The first kappa shape index (κ1) is 14.9. The quantitative estimate of drug-likeness (QED) is 0.903. The van der Waals surface area contributed by atoms with E-state index in [1.165, 1.54) is 5.56 Å². The van der Waals surface area contributed by atoms with Gasteiger partial charge in [-0.05, 0) is 48.2 Å². The van der Waals surface area contributed by atoms with E-state index in [0.29, 0.717) is 11.4 Å². The number of rotatable bonds is 5. The van der Waals surface area contributed by atoms with Crippen molar-refractivity contribution >= 4 is 11.6 Å². The van der Waals surface area contributed by atoms with Crippen molar-refractivity contribution in [2.24, 2.45) is 0 Å². The van der Waals surface area contributed by atoms with Gasteiger partial charge in [0.25, 0.3) is 0 Å². The molecule has 0 radical (unpaired) electrons. The summed E-state index contributed by atoms with van der Waals surface area (Å²) in [6.07, 6.45) is 0.699. The lowest BCUT2D eigenvalue weighted by Gasteiger charge is -2.18. The minimum absolute atomic E-state index is 0.0450. The van der Waals surface area contributed by atoms with Crippen LogP contribution in [0.5, 0.6) is 5.75 Å². The van der Waals surface area contributed by atoms with Crippen LogP contribution in [-0.2, 0) is 6.42 Å². The van der Waals surface area contributed by atoms with Crippen molar-refractivity contribution in [1.29, 1.82) is 0 Å². The molecule has 20 heavy (non-hydrogen) atoms. The molecule has 0 spiro atoms. The number of methoxy groups -OCH3 is 1. The van der Waals surface area contributed by atoms with E-state index in [1.54, 1.807) is 7.11 Å². The molecular formula is C17H19ClO2. The predicted octanol–water partition coefficient (Wildman–Crippen LogP) is 3.98. The maximum absolute atomic E-state index is 9.72. The summed E-state index contributed by atoms with van der Waals surface area (Å²) in [7, 11) is 1.65. The number of aryl methyl sites for hydroxylation is 1. The van der Waals surface area contributed by atoms with Gasteiger partial charge in [0.1, 0.15) is 5.75 Å². The summed E-state index contributed by atoms with van der Waals surface area (Å²) in [4.78, 5) is 0. The second kappa shape index (κ2) is 6.78. The summed E-state index contributed by atoms with van der Waals surface area (Å²) in [6.45, 7) is 2.16. The lowest BCUT2D eigenvalue weighted by Crippen LogP contribution is -2.10. The standard InChI is InChI=1S/C17H19ClO2/c1-12-5-3-4-6-16(12)14(11-19)9-13-10-15(18)7-8-17(13)20-2/h3-8,10,14,19H,9,11H2,1-2H3. The van der Waals surface area contributed by atoms with Crippen LogP contribution in [0.4, 0.5) is 0 Å². The van der Waals surface area contributed by atoms with E-state index >= 15 is 0 Å². The van der Waals surface area contributed by atoms with Gasteiger partial charge in [0.2, 0.25) is 0 Å². The van der Waals surface area contributed by atoms with Gasteiger partial charge < -0.3 is 9.84 Å². The van der Waals surface area contributed by atoms with Crippen LogP contribution in [0.2, 0.25) is 5.02 Å². The van der Waals surface area contributed by atoms with Crippen LogP contribution < -0.4 is 4.74 Å². The average molecular weight is 291 g/mol. The van der Waals surface area contributed by atoms with Crippen molar-refractivity contribution in [2.75, 3.05) is 13.7 Å². The summed E-state index contributed by atoms with van der Waals surface area (Å²) in [6, 6.07) is 13.7. The topological polar surface area (TPSA) is 29.5 Å². The number of hydrogen-bond acceptors (Lipinski definition) is 2. The molecule has 2 rings (SSSR count). The molecule has 2 aromatic rings. The maximum Gasteiger partial charge on any atom is 0.122 e. The summed E-state index contributed by atoms with van der Waals surface area (Å²) < 4.78 is 5.37. The Hall–Kier alpha value is -1.51. The summed E-state index contributed by atoms with van der Waals surface area (Å²) in [5.74, 6) is 0.852. The van der Waals surface area contributed by atoms with Crippen LogP contribution in [-0.4, -0.2) is 18.8 Å². The molecule has 1 unspecified atom stereocenters. The van der Waals surface area contributed by atoms with Crippen molar-refractivity contribution in [1.82, 2.24) is 0 Å². The van der Waals surface area contributed by atoms with Crippen LogP contribution in [0.1, 0.15) is 22.6 Å². The minimum atomic E-state index is 0.0450. The van der Waals surface area contributed by atoms with E-state index in [2.05, 4.69) is 19.1 Å². The minimum Gasteiger partial charge on any atom is -0.496 e. The van der Waals surface area contributed by atoms with Gasteiger partial charge in [0, 0.05) is 10.9 Å². The highest BCUT2D eigenvalue weighted by molar-refractivity contribution is 6.30. The fraction of sp³-hybridized carbons (Fsp3) is 0.294. The lowest BCUT2D eigenvalue weighted by atomic mass is 9.89. The fourth-order valence-electron chi connectivity index (χ4n) is 2.49. The van der Waals surface area contributed by atoms with Gasteiger partial charge in [-0.15, -0.1) is 0 Å². The molecule has 0 amide bonds. The first-order valence-electron chi connectivity index (χ1n) is 6.64. The normalized spacial score (nSPS) is 12.2. The predicted molar refractivity (Wildman–Crippen MR) is 82.7 cm³/mol. The highest BCUT2D eigenvalue weighted by atomic mass is 35.5. The van der Waals surface area contributed by atoms with Crippen molar-refractivity contribution in [3.63, 3.8) is 0 Å². The molecule has 2 aromatic carbocycles. The smallest absolute Gasteiger partial charge is 0.122 e. The lowest BCUT2D eigenvalue weighted by molar-refractivity contribution is 0.263. The third-order valence-corrected chi connectivity index (χ3v) is 3.79. The number of ether oxygens (including phenoxy) is 1. The Morgan fingerprint density at radius 2 is 1.95 bits per heavy atom. The van der Waals surface area contributed by atoms with Gasteiger partial charge in [0.05, 0.1) is 13.7 Å². The summed E-state index contributed by atoms with van der Waals surface area (Å²) >= 11 is 6.06. The number of halogens is 1. The maximum atomic E-state index is 9.72. The van der Waals surface area contributed by atoms with Gasteiger partial charge >= 0.3 is 0 Å². The Morgan fingerprint density at radius 1 is 1.20 bits per heavy atom. The molecule has 1 atom stereocenters. The Balaban J connectivity index is 2.31. The van der Waals surface area contributed by atoms with Crippen molar-refractivity contribution in [3.8, 4) is 5.75 Å². The SMILES string of the molecule is COc1ccc(Cl)cc1CC(CO)c1ccccc1C. The number of benzene rings is 2. The van der Waals surface area contributed by atoms with Gasteiger partial charge in [0.15, 0.2) is 0 Å². The van der Waals surface area contributed by atoms with E-state index in [9.17, 15) is 5.11 Å². The summed E-state index contributed by atoms with van der Waals surface area (Å²) in [5, 5.41) is 10.4. The zero-order valence-corrected chi connectivity index (χ0v) is 12.5. The molecule has 0 saturated carbocycles. The van der Waals surface area contributed by atoms with Crippen LogP contribution in [0, 0.1) is 6.92 Å². The Labute approximate surface area is 125 Å². The fourth-order valence-corrected chi connectivity index (χ4v) is 2.68. The van der Waals surface area contributed by atoms with Gasteiger partial charge in [-0.3, -0.25) is 0 Å². The summed E-state index contributed by atoms with van der Waals surface area (Å²) in [5.41, 5.74) is 3.37. The van der Waals surface area contributed by atoms with Crippen LogP contribution >= 0.6 is 11.6 Å². The molecule has 0 heterocycles. The van der Waals surface area contributed by atoms with E-state index in [1.807, 2.05) is 30.3 Å². The van der Waals surface area contributed by atoms with E-state index < -0.39 is 0 Å². The molecule has 0 aliphatic heterocycles. The second-order valence-electron chi connectivity index (χ2n) is 4.90. The van der Waals surface area contributed by atoms with Crippen molar-refractivity contribution in [2.45, 2.75) is 19.3 Å². The number of hydrogen-bond donors (Lipinski definition) is 1. The molecule has 106 valence electrons. The monoisotopic (exact) mass is 290 g/mol. The van der Waals surface area contributed by atoms with Crippen LogP contribution in [0.3, 0.4) is 0 Å². The average Bonchev–Trinajstić information content (AvgIpc) is 2.46. The second-order valence-corrected chi connectivity index (χ2v) is 5.33. The molecule has 0 aliphatic rings. The molecule has 0 aromatic heterocycles. The third-order valence-electron chi connectivity index (χ3n) is 3.56. The van der Waals surface area contributed by atoms with Gasteiger partial charge in [-0.1, -0.05) is 35.9 Å². The van der Waals surface area contributed by atoms with E-state index in [-0.39, 0.29) is 12.5 Å². The number of aliphatic hydroxyl groups is 1. The molecule has 1 N–H and O–H groups in total. The van der Waals surface area contributed by atoms with Crippen molar-refractivity contribution in [3.05, 3.63) is 64.2 Å². The molecule has 0 fully saturated rings. The van der Waals surface area contributed by atoms with E-state index in [4.69, 9.17) is 16.3 Å². The third kappa shape index (κ3) is 3.33.